The van der Waals surface area contributed by atoms with Crippen LogP contribution in [0.25, 0.3) is 0 Å². The number of aryl methyl sites for hydroxylation is 1. The van der Waals surface area contributed by atoms with Crippen molar-refractivity contribution in [2.45, 2.75) is 25.1 Å². The van der Waals surface area contributed by atoms with Crippen molar-refractivity contribution in [3.63, 3.8) is 0 Å². The summed E-state index contributed by atoms with van der Waals surface area (Å²) in [5.41, 5.74) is 3.19. The molecule has 0 saturated carbocycles. The number of hydrogen-bond acceptors (Lipinski definition) is 2. The zero-order valence-corrected chi connectivity index (χ0v) is 10.5. The van der Waals surface area contributed by atoms with Gasteiger partial charge >= 0.3 is 5.97 Å². The van der Waals surface area contributed by atoms with E-state index >= 15 is 0 Å². The van der Waals surface area contributed by atoms with Crippen LogP contribution in [0.2, 0.25) is 0 Å². The molecule has 4 heteroatoms. The fourth-order valence-electron chi connectivity index (χ4n) is 1.61. The molecule has 0 aliphatic heterocycles. The van der Waals surface area contributed by atoms with Gasteiger partial charge in [0.25, 0.3) is 0 Å². The van der Waals surface area contributed by atoms with Gasteiger partial charge in [-0.1, -0.05) is 28.9 Å². The molecule has 0 amide bonds. The van der Waals surface area contributed by atoms with Gasteiger partial charge in [0.1, 0.15) is 0 Å². The van der Waals surface area contributed by atoms with E-state index in [1.165, 1.54) is 0 Å². The van der Waals surface area contributed by atoms with E-state index in [0.717, 1.165) is 17.5 Å². The van der Waals surface area contributed by atoms with Crippen LogP contribution in [0.4, 0.5) is 0 Å². The molecule has 0 heterocycles. The Balaban J connectivity index is 3.27. The number of carboxylic acid groups (broad SMARTS) is 1. The highest BCUT2D eigenvalue weighted by atomic mass is 79.9. The van der Waals surface area contributed by atoms with Crippen molar-refractivity contribution in [2.75, 3.05) is 0 Å². The molecule has 1 N–H and O–H groups in total. The van der Waals surface area contributed by atoms with Crippen LogP contribution in [0.1, 0.15) is 29.2 Å². The van der Waals surface area contributed by atoms with Crippen LogP contribution in [-0.2, 0) is 23.0 Å². The zero-order valence-electron chi connectivity index (χ0n) is 8.96. The molecule has 3 nitrogen and oxygen atoms in total. The molecule has 0 unspecified atom stereocenters. The first kappa shape index (κ1) is 12.7. The van der Waals surface area contributed by atoms with Crippen molar-refractivity contribution in [1.29, 1.82) is 5.26 Å². The molecule has 0 saturated heterocycles. The first-order valence-electron chi connectivity index (χ1n) is 4.94. The largest absolute Gasteiger partial charge is 0.481 e. The predicted molar refractivity (Wildman–Crippen MR) is 64.5 cm³/mol. The summed E-state index contributed by atoms with van der Waals surface area (Å²) >= 11 is 3.36. The Bertz CT molecular complexity index is 449. The Morgan fingerprint density at radius 1 is 1.44 bits per heavy atom. The summed E-state index contributed by atoms with van der Waals surface area (Å²) in [6.07, 6.45) is 0.734. The van der Waals surface area contributed by atoms with Crippen LogP contribution < -0.4 is 0 Å². The zero-order chi connectivity index (χ0) is 12.1. The summed E-state index contributed by atoms with van der Waals surface area (Å²) in [5.74, 6) is -0.912. The molecule has 0 aromatic heterocycles. The summed E-state index contributed by atoms with van der Waals surface area (Å²) in [7, 11) is 0. The topological polar surface area (TPSA) is 61.1 Å². The second kappa shape index (κ2) is 5.66. The number of nitriles is 1. The maximum Gasteiger partial charge on any atom is 0.307 e. The Morgan fingerprint density at radius 3 is 2.56 bits per heavy atom. The minimum absolute atomic E-state index is 0.0988. The van der Waals surface area contributed by atoms with Gasteiger partial charge in [-0.15, -0.1) is 0 Å². The van der Waals surface area contributed by atoms with Crippen molar-refractivity contribution in [2.24, 2.45) is 0 Å². The third kappa shape index (κ3) is 2.83. The molecule has 84 valence electrons. The Labute approximate surface area is 103 Å². The lowest BCUT2D eigenvalue weighted by molar-refractivity contribution is -0.136. The lowest BCUT2D eigenvalue weighted by Gasteiger charge is -2.09. The van der Waals surface area contributed by atoms with Gasteiger partial charge in [-0.3, -0.25) is 4.79 Å². The van der Waals surface area contributed by atoms with E-state index in [4.69, 9.17) is 10.4 Å². The minimum atomic E-state index is -0.912. The molecule has 1 rings (SSSR count). The van der Waals surface area contributed by atoms with E-state index in [-0.39, 0.29) is 6.42 Å². The molecular formula is C12H12BrNO2. The number of rotatable bonds is 4. The maximum absolute atomic E-state index is 10.7. The highest BCUT2D eigenvalue weighted by Gasteiger charge is 2.10. The van der Waals surface area contributed by atoms with E-state index in [2.05, 4.69) is 15.9 Å². The monoisotopic (exact) mass is 281 g/mol. The standard InChI is InChI=1S/C12H12BrNO2/c1-2-8-3-9(5-12(15)16)11(7-14)4-10(8)6-13/h3-4H,2,5-6H2,1H3,(H,15,16). The number of carbonyl (C=O) groups is 1. The molecule has 1 aromatic rings. The van der Waals surface area contributed by atoms with Gasteiger partial charge in [-0.05, 0) is 29.2 Å². The summed E-state index contributed by atoms with van der Waals surface area (Å²) in [4.78, 5) is 10.7. The quantitative estimate of drug-likeness (QED) is 0.863. The predicted octanol–water partition coefficient (Wildman–Crippen LogP) is 2.64. The lowest BCUT2D eigenvalue weighted by Crippen LogP contribution is -2.04. The van der Waals surface area contributed by atoms with Gasteiger partial charge in [-0.2, -0.15) is 5.26 Å². The van der Waals surface area contributed by atoms with Crippen molar-refractivity contribution in [3.05, 3.63) is 34.4 Å². The molecule has 0 fully saturated rings. The molecule has 0 bridgehead atoms. The van der Waals surface area contributed by atoms with E-state index < -0.39 is 5.97 Å². The smallest absolute Gasteiger partial charge is 0.307 e. The van der Waals surface area contributed by atoms with Crippen molar-refractivity contribution in [3.8, 4) is 6.07 Å². The summed E-state index contributed by atoms with van der Waals surface area (Å²) in [5, 5.41) is 18.4. The van der Waals surface area contributed by atoms with Gasteiger partial charge in [0.2, 0.25) is 0 Å². The van der Waals surface area contributed by atoms with Gasteiger partial charge in [0.05, 0.1) is 18.1 Å². The summed E-state index contributed by atoms with van der Waals surface area (Å²) in [6, 6.07) is 5.64. The second-order valence-electron chi connectivity index (χ2n) is 3.45. The van der Waals surface area contributed by atoms with Crippen molar-refractivity contribution >= 4 is 21.9 Å². The van der Waals surface area contributed by atoms with Crippen LogP contribution >= 0.6 is 15.9 Å². The molecule has 0 atom stereocenters. The molecule has 16 heavy (non-hydrogen) atoms. The number of halogens is 1. The fourth-order valence-corrected chi connectivity index (χ4v) is 2.13. The SMILES string of the molecule is CCc1cc(CC(=O)O)c(C#N)cc1CBr. The van der Waals surface area contributed by atoms with Crippen molar-refractivity contribution in [1.82, 2.24) is 0 Å². The maximum atomic E-state index is 10.7. The molecule has 0 spiro atoms. The van der Waals surface area contributed by atoms with Gasteiger partial charge < -0.3 is 5.11 Å². The molecular weight excluding hydrogens is 270 g/mol. The number of nitrogens with zero attached hydrogens (tertiary/aromatic N) is 1. The van der Waals surface area contributed by atoms with Crippen LogP contribution in [0.5, 0.6) is 0 Å². The third-order valence-corrected chi connectivity index (χ3v) is 3.02. The van der Waals surface area contributed by atoms with Crippen LogP contribution in [0, 0.1) is 11.3 Å². The molecule has 0 aliphatic rings. The first-order chi connectivity index (χ1) is 7.62. The normalized spacial score (nSPS) is 9.81. The van der Waals surface area contributed by atoms with Gasteiger partial charge in [-0.25, -0.2) is 0 Å². The lowest BCUT2D eigenvalue weighted by atomic mass is 9.96. The third-order valence-electron chi connectivity index (χ3n) is 2.41. The average molecular weight is 282 g/mol. The summed E-state index contributed by atoms with van der Waals surface area (Å²) < 4.78 is 0. The number of aliphatic carboxylic acids is 1. The first-order valence-corrected chi connectivity index (χ1v) is 6.07. The average Bonchev–Trinajstić information content (AvgIpc) is 2.27. The molecule has 0 aliphatic carbocycles. The van der Waals surface area contributed by atoms with E-state index in [0.29, 0.717) is 16.5 Å². The van der Waals surface area contributed by atoms with Crippen LogP contribution in [0.15, 0.2) is 12.1 Å². The van der Waals surface area contributed by atoms with Crippen LogP contribution in [0.3, 0.4) is 0 Å². The molecule has 1 aromatic carbocycles. The second-order valence-corrected chi connectivity index (χ2v) is 4.01. The number of hydrogen-bond donors (Lipinski definition) is 1. The van der Waals surface area contributed by atoms with Crippen LogP contribution in [-0.4, -0.2) is 11.1 Å². The summed E-state index contributed by atoms with van der Waals surface area (Å²) in [6.45, 7) is 2.01. The van der Waals surface area contributed by atoms with Crippen molar-refractivity contribution < 1.29 is 9.90 Å². The van der Waals surface area contributed by atoms with E-state index in [1.807, 2.05) is 19.1 Å². The van der Waals surface area contributed by atoms with E-state index in [1.54, 1.807) is 6.07 Å². The highest BCUT2D eigenvalue weighted by molar-refractivity contribution is 9.08. The van der Waals surface area contributed by atoms with E-state index in [9.17, 15) is 4.79 Å². The number of carboxylic acids is 1. The minimum Gasteiger partial charge on any atom is -0.481 e. The Morgan fingerprint density at radius 2 is 2.12 bits per heavy atom. The Kier molecular flexibility index (Phi) is 4.51. The van der Waals surface area contributed by atoms with Gasteiger partial charge in [0, 0.05) is 5.33 Å². The highest BCUT2D eigenvalue weighted by Crippen LogP contribution is 2.20. The molecule has 0 radical (unpaired) electrons. The fraction of sp³-hybridized carbons (Fsp3) is 0.333. The van der Waals surface area contributed by atoms with Gasteiger partial charge in [0.15, 0.2) is 0 Å². The number of alkyl halides is 1. The number of benzene rings is 1. The Hall–Kier alpha value is -1.34.